The van der Waals surface area contributed by atoms with Crippen LogP contribution in [0.2, 0.25) is 0 Å². The summed E-state index contributed by atoms with van der Waals surface area (Å²) in [4.78, 5) is 13.2. The van der Waals surface area contributed by atoms with Crippen LogP contribution < -0.4 is 10.6 Å². The van der Waals surface area contributed by atoms with E-state index >= 15 is 0 Å². The molecule has 0 saturated carbocycles. The van der Waals surface area contributed by atoms with Gasteiger partial charge in [0.15, 0.2) is 5.78 Å². The van der Waals surface area contributed by atoms with E-state index < -0.39 is 0 Å². The van der Waals surface area contributed by atoms with Crippen molar-refractivity contribution in [2.24, 2.45) is 0 Å². The topological polar surface area (TPSA) is 99.4 Å². The van der Waals surface area contributed by atoms with Gasteiger partial charge in [-0.2, -0.15) is 5.10 Å². The monoisotopic (exact) mass is 366 g/mol. The summed E-state index contributed by atoms with van der Waals surface area (Å²) in [5.41, 5.74) is 4.54. The zero-order valence-corrected chi connectivity index (χ0v) is 14.9. The summed E-state index contributed by atoms with van der Waals surface area (Å²) in [6, 6.07) is 11.4. The first-order chi connectivity index (χ1) is 13.3. The Morgan fingerprint density at radius 1 is 0.963 bits per heavy atom. The molecule has 1 aliphatic carbocycles. The summed E-state index contributed by atoms with van der Waals surface area (Å²) in [6.45, 7) is 2.31. The second-order valence-electron chi connectivity index (χ2n) is 6.45. The molecule has 4 N–H and O–H groups in total. The number of rotatable bonds is 8. The normalized spacial score (nSPS) is 12.4. The standard InChI is InChI=1S/C20H22N4O3/c25-11-8-21-7-10-24-16-6-5-15(22-9-12-26)17-18(16)19(23-24)13-3-1-2-4-14(13)20(17)27/h1-6,21-22,25-26H,7-12H2. The highest BCUT2D eigenvalue weighted by Gasteiger charge is 2.30. The number of aromatic nitrogens is 2. The van der Waals surface area contributed by atoms with Gasteiger partial charge < -0.3 is 20.8 Å². The Morgan fingerprint density at radius 3 is 2.52 bits per heavy atom. The van der Waals surface area contributed by atoms with Gasteiger partial charge in [0.05, 0.1) is 30.8 Å². The lowest BCUT2D eigenvalue weighted by Gasteiger charge is -2.18. The Labute approximate surface area is 156 Å². The number of aliphatic hydroxyl groups is 2. The number of carbonyl (C=O) groups excluding carboxylic acids is 1. The summed E-state index contributed by atoms with van der Waals surface area (Å²) >= 11 is 0. The fourth-order valence-corrected chi connectivity index (χ4v) is 3.62. The maximum Gasteiger partial charge on any atom is 0.196 e. The Hall–Kier alpha value is -2.74. The molecule has 4 rings (SSSR count). The van der Waals surface area contributed by atoms with E-state index in [-0.39, 0.29) is 19.0 Å². The van der Waals surface area contributed by atoms with Crippen LogP contribution in [0.15, 0.2) is 36.4 Å². The number of hydrogen-bond donors (Lipinski definition) is 4. The van der Waals surface area contributed by atoms with E-state index in [2.05, 4.69) is 10.6 Å². The van der Waals surface area contributed by atoms with Crippen molar-refractivity contribution in [3.63, 3.8) is 0 Å². The van der Waals surface area contributed by atoms with Crippen LogP contribution in [-0.2, 0) is 6.54 Å². The van der Waals surface area contributed by atoms with Gasteiger partial charge in [-0.3, -0.25) is 9.48 Å². The minimum atomic E-state index is -0.0258. The number of carbonyl (C=O) groups is 1. The number of ketones is 1. The lowest BCUT2D eigenvalue weighted by atomic mass is 9.86. The first-order valence-corrected chi connectivity index (χ1v) is 9.10. The predicted octanol–water partition coefficient (Wildman–Crippen LogP) is 1.23. The molecule has 27 heavy (non-hydrogen) atoms. The molecule has 1 heterocycles. The van der Waals surface area contributed by atoms with Gasteiger partial charge in [0.1, 0.15) is 5.69 Å². The molecule has 7 nitrogen and oxygen atoms in total. The third kappa shape index (κ3) is 2.99. The van der Waals surface area contributed by atoms with E-state index in [1.54, 1.807) is 0 Å². The average molecular weight is 366 g/mol. The quantitative estimate of drug-likeness (QED) is 0.350. The van der Waals surface area contributed by atoms with E-state index in [0.717, 1.165) is 27.8 Å². The van der Waals surface area contributed by atoms with Crippen LogP contribution in [-0.4, -0.2) is 58.6 Å². The summed E-state index contributed by atoms with van der Waals surface area (Å²) in [7, 11) is 0. The molecule has 0 spiro atoms. The zero-order valence-electron chi connectivity index (χ0n) is 14.9. The smallest absolute Gasteiger partial charge is 0.196 e. The molecule has 1 aromatic heterocycles. The van der Waals surface area contributed by atoms with Crippen LogP contribution >= 0.6 is 0 Å². The maximum atomic E-state index is 13.2. The van der Waals surface area contributed by atoms with Crippen LogP contribution in [0, 0.1) is 0 Å². The van der Waals surface area contributed by atoms with E-state index in [9.17, 15) is 4.79 Å². The Balaban J connectivity index is 1.86. The first-order valence-electron chi connectivity index (χ1n) is 9.10. The van der Waals surface area contributed by atoms with Crippen LogP contribution in [0.3, 0.4) is 0 Å². The molecule has 0 atom stereocenters. The zero-order chi connectivity index (χ0) is 18.8. The molecule has 0 fully saturated rings. The molecule has 1 aliphatic rings. The molecule has 0 radical (unpaired) electrons. The Bertz CT molecular complexity index is 996. The van der Waals surface area contributed by atoms with Gasteiger partial charge in [0, 0.05) is 41.8 Å². The van der Waals surface area contributed by atoms with Gasteiger partial charge in [-0.25, -0.2) is 0 Å². The fourth-order valence-electron chi connectivity index (χ4n) is 3.62. The number of nitrogens with one attached hydrogen (secondary N) is 2. The number of anilines is 1. The van der Waals surface area contributed by atoms with Crippen molar-refractivity contribution in [3.05, 3.63) is 47.5 Å². The van der Waals surface area contributed by atoms with Crippen LogP contribution in [0.25, 0.3) is 22.2 Å². The molecular formula is C20H22N4O3. The van der Waals surface area contributed by atoms with Gasteiger partial charge in [0.25, 0.3) is 0 Å². The van der Waals surface area contributed by atoms with Crippen molar-refractivity contribution in [1.82, 2.24) is 15.1 Å². The first kappa shape index (κ1) is 17.7. The van der Waals surface area contributed by atoms with Crippen molar-refractivity contribution < 1.29 is 15.0 Å². The van der Waals surface area contributed by atoms with Gasteiger partial charge in [-0.15, -0.1) is 0 Å². The Kier molecular flexibility index (Phi) is 4.89. The van der Waals surface area contributed by atoms with Crippen molar-refractivity contribution in [2.75, 3.05) is 38.2 Å². The van der Waals surface area contributed by atoms with Crippen molar-refractivity contribution >= 4 is 22.4 Å². The molecular weight excluding hydrogens is 344 g/mol. The molecule has 140 valence electrons. The second kappa shape index (κ2) is 7.48. The largest absolute Gasteiger partial charge is 0.395 e. The van der Waals surface area contributed by atoms with E-state index in [1.165, 1.54) is 0 Å². The van der Waals surface area contributed by atoms with E-state index in [0.29, 0.717) is 37.3 Å². The van der Waals surface area contributed by atoms with E-state index in [4.69, 9.17) is 15.3 Å². The average Bonchev–Trinajstić information content (AvgIpc) is 3.07. The third-order valence-electron chi connectivity index (χ3n) is 4.79. The molecule has 2 aromatic carbocycles. The number of nitrogens with zero attached hydrogens (tertiary/aromatic N) is 2. The summed E-state index contributed by atoms with van der Waals surface area (Å²) in [6.07, 6.45) is 0. The van der Waals surface area contributed by atoms with Gasteiger partial charge in [-0.05, 0) is 12.1 Å². The molecule has 0 saturated heterocycles. The molecule has 0 unspecified atom stereocenters. The fraction of sp³-hybridized carbons (Fsp3) is 0.300. The van der Waals surface area contributed by atoms with Gasteiger partial charge >= 0.3 is 0 Å². The summed E-state index contributed by atoms with van der Waals surface area (Å²) in [5, 5.41) is 30.0. The minimum absolute atomic E-state index is 0.00903. The van der Waals surface area contributed by atoms with Crippen LogP contribution in [0.4, 0.5) is 5.69 Å². The van der Waals surface area contributed by atoms with Gasteiger partial charge in [-0.1, -0.05) is 24.3 Å². The van der Waals surface area contributed by atoms with Crippen LogP contribution in [0.1, 0.15) is 15.9 Å². The molecule has 0 bridgehead atoms. The molecule has 3 aromatic rings. The lowest BCUT2D eigenvalue weighted by Crippen LogP contribution is -2.23. The number of fused-ring (bicyclic) bond motifs is 2. The highest BCUT2D eigenvalue weighted by atomic mass is 16.3. The minimum Gasteiger partial charge on any atom is -0.395 e. The highest BCUT2D eigenvalue weighted by Crippen LogP contribution is 2.41. The van der Waals surface area contributed by atoms with Gasteiger partial charge in [0.2, 0.25) is 0 Å². The maximum absolute atomic E-state index is 13.2. The number of hydrogen-bond acceptors (Lipinski definition) is 6. The predicted molar refractivity (Wildman–Crippen MR) is 104 cm³/mol. The summed E-state index contributed by atoms with van der Waals surface area (Å²) in [5.74, 6) is -0.0258. The number of aliphatic hydroxyl groups excluding tert-OH is 2. The van der Waals surface area contributed by atoms with Crippen molar-refractivity contribution in [1.29, 1.82) is 0 Å². The molecule has 7 heteroatoms. The summed E-state index contributed by atoms with van der Waals surface area (Å²) < 4.78 is 1.91. The number of benzene rings is 2. The van der Waals surface area contributed by atoms with E-state index in [1.807, 2.05) is 41.1 Å². The van der Waals surface area contributed by atoms with Crippen molar-refractivity contribution in [3.8, 4) is 11.3 Å². The Morgan fingerprint density at radius 2 is 1.74 bits per heavy atom. The SMILES string of the molecule is O=C1c2ccccc2-c2nn(CCNCCO)c3ccc(NCCO)c1c23. The van der Waals surface area contributed by atoms with Crippen LogP contribution in [0.5, 0.6) is 0 Å². The highest BCUT2D eigenvalue weighted by molar-refractivity contribution is 6.27. The molecule has 0 amide bonds. The lowest BCUT2D eigenvalue weighted by molar-refractivity contribution is 0.104. The second-order valence-corrected chi connectivity index (χ2v) is 6.45. The molecule has 0 aliphatic heterocycles. The third-order valence-corrected chi connectivity index (χ3v) is 4.79. The van der Waals surface area contributed by atoms with Crippen molar-refractivity contribution in [2.45, 2.75) is 6.54 Å².